The SMILES string of the molecule is CC1=NN(c2ccc(S(=O)(=O)O)cc2)C(=O)C1=CC=C1Oc2ccccc2N1CCC(=O)O. The first-order valence-corrected chi connectivity index (χ1v) is 11.2. The molecule has 0 atom stereocenters. The van der Waals surface area contributed by atoms with Gasteiger partial charge in [-0.05, 0) is 55.5 Å². The first-order chi connectivity index (χ1) is 15.6. The number of carbonyl (C=O) groups excluding carboxylic acids is 1. The van der Waals surface area contributed by atoms with Gasteiger partial charge in [0.25, 0.3) is 16.0 Å². The molecule has 2 aliphatic heterocycles. The molecule has 0 unspecified atom stereocenters. The van der Waals surface area contributed by atoms with Gasteiger partial charge in [-0.3, -0.25) is 14.1 Å². The van der Waals surface area contributed by atoms with Gasteiger partial charge in [0, 0.05) is 6.54 Å². The number of rotatable bonds is 6. The third kappa shape index (κ3) is 4.49. The van der Waals surface area contributed by atoms with Gasteiger partial charge in [0.05, 0.1) is 34.0 Å². The smallest absolute Gasteiger partial charge is 0.305 e. The molecule has 10 nitrogen and oxygen atoms in total. The lowest BCUT2D eigenvalue weighted by molar-refractivity contribution is -0.136. The summed E-state index contributed by atoms with van der Waals surface area (Å²) in [7, 11) is -4.35. The summed E-state index contributed by atoms with van der Waals surface area (Å²) in [5, 5.41) is 14.4. The van der Waals surface area contributed by atoms with Crippen molar-refractivity contribution in [1.82, 2.24) is 0 Å². The minimum absolute atomic E-state index is 0.0989. The van der Waals surface area contributed by atoms with Crippen LogP contribution in [0.4, 0.5) is 11.4 Å². The van der Waals surface area contributed by atoms with E-state index in [9.17, 15) is 18.0 Å². The molecule has 1 amide bonds. The zero-order valence-electron chi connectivity index (χ0n) is 17.4. The molecule has 2 aliphatic rings. The van der Waals surface area contributed by atoms with Crippen molar-refractivity contribution in [3.8, 4) is 5.75 Å². The van der Waals surface area contributed by atoms with Crippen molar-refractivity contribution >= 4 is 39.1 Å². The number of para-hydroxylation sites is 2. The van der Waals surface area contributed by atoms with E-state index >= 15 is 0 Å². The lowest BCUT2D eigenvalue weighted by atomic mass is 10.1. The van der Waals surface area contributed by atoms with Gasteiger partial charge in [0.2, 0.25) is 5.88 Å². The molecule has 0 radical (unpaired) electrons. The van der Waals surface area contributed by atoms with Crippen LogP contribution < -0.4 is 14.6 Å². The van der Waals surface area contributed by atoms with E-state index in [2.05, 4.69) is 5.10 Å². The molecule has 11 heteroatoms. The number of allylic oxidation sites excluding steroid dienone is 2. The lowest BCUT2D eigenvalue weighted by Gasteiger charge is -2.16. The number of aliphatic carboxylic acids is 1. The van der Waals surface area contributed by atoms with Crippen molar-refractivity contribution in [2.24, 2.45) is 5.10 Å². The van der Waals surface area contributed by atoms with Crippen molar-refractivity contribution in [3.05, 3.63) is 72.1 Å². The predicted octanol–water partition coefficient (Wildman–Crippen LogP) is 2.80. The maximum Gasteiger partial charge on any atom is 0.305 e. The highest BCUT2D eigenvalue weighted by molar-refractivity contribution is 7.85. The first kappa shape index (κ1) is 22.2. The fourth-order valence-electron chi connectivity index (χ4n) is 3.41. The average Bonchev–Trinajstić information content (AvgIpc) is 3.26. The van der Waals surface area contributed by atoms with Gasteiger partial charge < -0.3 is 14.7 Å². The Morgan fingerprint density at radius 3 is 2.48 bits per heavy atom. The van der Waals surface area contributed by atoms with E-state index in [0.29, 0.717) is 28.6 Å². The number of carboxylic acid groups (broad SMARTS) is 1. The third-order valence-electron chi connectivity index (χ3n) is 5.02. The van der Waals surface area contributed by atoms with Crippen LogP contribution in [0.1, 0.15) is 13.3 Å². The molecule has 0 aliphatic carbocycles. The van der Waals surface area contributed by atoms with Gasteiger partial charge in [0.15, 0.2) is 5.75 Å². The maximum absolute atomic E-state index is 12.9. The Morgan fingerprint density at radius 1 is 1.12 bits per heavy atom. The van der Waals surface area contributed by atoms with Crippen LogP contribution in [0.25, 0.3) is 0 Å². The molecule has 2 aromatic carbocycles. The molecule has 0 saturated heterocycles. The largest absolute Gasteiger partial charge is 0.481 e. The molecular weight excluding hydrogens is 450 g/mol. The number of anilines is 2. The molecule has 0 bridgehead atoms. The van der Waals surface area contributed by atoms with Gasteiger partial charge in [-0.15, -0.1) is 0 Å². The zero-order chi connectivity index (χ0) is 23.8. The van der Waals surface area contributed by atoms with Crippen molar-refractivity contribution in [2.45, 2.75) is 18.2 Å². The Balaban J connectivity index is 1.60. The van der Waals surface area contributed by atoms with E-state index in [1.165, 1.54) is 24.3 Å². The highest BCUT2D eigenvalue weighted by Gasteiger charge is 2.30. The van der Waals surface area contributed by atoms with Gasteiger partial charge in [-0.25, -0.2) is 0 Å². The van der Waals surface area contributed by atoms with Crippen LogP contribution in [0.5, 0.6) is 5.75 Å². The molecule has 0 fully saturated rings. The molecule has 0 aromatic heterocycles. The van der Waals surface area contributed by atoms with Crippen LogP contribution in [0.15, 0.2) is 82.1 Å². The van der Waals surface area contributed by atoms with E-state index in [1.807, 2.05) is 12.1 Å². The summed E-state index contributed by atoms with van der Waals surface area (Å²) in [6.07, 6.45) is 3.03. The third-order valence-corrected chi connectivity index (χ3v) is 5.89. The van der Waals surface area contributed by atoms with Crippen LogP contribution in [0, 0.1) is 0 Å². The number of fused-ring (bicyclic) bond motifs is 1. The van der Waals surface area contributed by atoms with Gasteiger partial charge >= 0.3 is 5.97 Å². The number of ether oxygens (including phenoxy) is 1. The number of carbonyl (C=O) groups is 2. The van der Waals surface area contributed by atoms with Crippen LogP contribution in [-0.4, -0.2) is 42.2 Å². The Kier molecular flexibility index (Phi) is 5.75. The number of carboxylic acids is 1. The highest BCUT2D eigenvalue weighted by atomic mass is 32.2. The van der Waals surface area contributed by atoms with Gasteiger partial charge in [-0.2, -0.15) is 18.5 Å². The second kappa shape index (κ2) is 8.52. The number of benzene rings is 2. The standard InChI is InChI=1S/C22H19N3O7S/c1-14-17(22(28)25(23-14)15-6-8-16(9-7-15)33(29,30)31)10-11-20-24(13-12-21(26)27)18-4-2-3-5-19(18)32-20/h2-11H,12-13H2,1H3,(H,26,27)(H,29,30,31). The number of hydrazone groups is 1. The summed E-state index contributed by atoms with van der Waals surface area (Å²) in [6, 6.07) is 12.3. The van der Waals surface area contributed by atoms with Gasteiger partial charge in [-0.1, -0.05) is 12.1 Å². The Bertz CT molecular complexity index is 1330. The monoisotopic (exact) mass is 469 g/mol. The van der Waals surface area contributed by atoms with Gasteiger partial charge in [0.1, 0.15) is 0 Å². The van der Waals surface area contributed by atoms with Crippen molar-refractivity contribution in [2.75, 3.05) is 16.5 Å². The summed E-state index contributed by atoms with van der Waals surface area (Å²) in [4.78, 5) is 25.4. The highest BCUT2D eigenvalue weighted by Crippen LogP contribution is 2.38. The van der Waals surface area contributed by atoms with E-state index in [0.717, 1.165) is 10.7 Å². The summed E-state index contributed by atoms with van der Waals surface area (Å²) in [6.45, 7) is 1.84. The maximum atomic E-state index is 12.9. The Hall–Kier alpha value is -3.96. The topological polar surface area (TPSA) is 137 Å². The van der Waals surface area contributed by atoms with Crippen molar-refractivity contribution in [3.63, 3.8) is 0 Å². The second-order valence-corrected chi connectivity index (χ2v) is 8.64. The minimum Gasteiger partial charge on any atom is -0.481 e. The molecule has 2 heterocycles. The number of hydrogen-bond acceptors (Lipinski definition) is 7. The molecule has 2 N–H and O–H groups in total. The first-order valence-electron chi connectivity index (χ1n) is 9.81. The second-order valence-electron chi connectivity index (χ2n) is 7.22. The van der Waals surface area contributed by atoms with Crippen LogP contribution in [0.2, 0.25) is 0 Å². The van der Waals surface area contributed by atoms with E-state index in [-0.39, 0.29) is 17.9 Å². The van der Waals surface area contributed by atoms with Crippen molar-refractivity contribution < 1.29 is 32.4 Å². The predicted molar refractivity (Wildman–Crippen MR) is 120 cm³/mol. The number of hydrogen-bond donors (Lipinski definition) is 2. The van der Waals surface area contributed by atoms with Crippen molar-refractivity contribution in [1.29, 1.82) is 0 Å². The summed E-state index contributed by atoms with van der Waals surface area (Å²) < 4.78 is 37.4. The van der Waals surface area contributed by atoms with Crippen LogP contribution >= 0.6 is 0 Å². The molecule has 170 valence electrons. The lowest BCUT2D eigenvalue weighted by Crippen LogP contribution is -2.23. The normalized spacial score (nSPS) is 18.0. The fourth-order valence-corrected chi connectivity index (χ4v) is 3.89. The van der Waals surface area contributed by atoms with Crippen LogP contribution in [-0.2, 0) is 19.7 Å². The summed E-state index contributed by atoms with van der Waals surface area (Å²) in [5.74, 6) is -0.420. The minimum atomic E-state index is -4.35. The number of amides is 1. The molecular formula is C22H19N3O7S. The fraction of sp³-hybridized carbons (Fsp3) is 0.136. The molecule has 0 spiro atoms. The Morgan fingerprint density at radius 2 is 1.82 bits per heavy atom. The molecule has 33 heavy (non-hydrogen) atoms. The average molecular weight is 469 g/mol. The van der Waals surface area contributed by atoms with E-state index in [1.54, 1.807) is 36.1 Å². The number of nitrogens with zero attached hydrogens (tertiary/aromatic N) is 3. The quantitative estimate of drug-likeness (QED) is 0.487. The molecule has 4 rings (SSSR count). The van der Waals surface area contributed by atoms with E-state index < -0.39 is 22.0 Å². The zero-order valence-corrected chi connectivity index (χ0v) is 18.2. The van der Waals surface area contributed by atoms with Crippen LogP contribution in [0.3, 0.4) is 0 Å². The molecule has 2 aromatic rings. The Labute approximate surface area is 189 Å². The molecule has 0 saturated carbocycles. The summed E-state index contributed by atoms with van der Waals surface area (Å²) in [5.41, 5.74) is 1.78. The van der Waals surface area contributed by atoms with E-state index in [4.69, 9.17) is 14.4 Å². The summed E-state index contributed by atoms with van der Waals surface area (Å²) >= 11 is 0.